The van der Waals surface area contributed by atoms with E-state index >= 15 is 0 Å². The van der Waals surface area contributed by atoms with Crippen molar-refractivity contribution in [2.45, 2.75) is 25.9 Å². The molecule has 0 aromatic heterocycles. The van der Waals surface area contributed by atoms with E-state index in [1.54, 1.807) is 7.11 Å². The number of aliphatic hydroxyl groups is 1. The van der Waals surface area contributed by atoms with Crippen molar-refractivity contribution >= 4 is 17.7 Å². The lowest BCUT2D eigenvalue weighted by atomic mass is 9.77. The van der Waals surface area contributed by atoms with Crippen LogP contribution in [-0.4, -0.2) is 43.4 Å². The van der Waals surface area contributed by atoms with Gasteiger partial charge in [0.2, 0.25) is 0 Å². The Labute approximate surface area is 168 Å². The van der Waals surface area contributed by atoms with Gasteiger partial charge in [0, 0.05) is 23.9 Å². The molecule has 2 aromatic carbocycles. The molecule has 2 rings (SSSR count). The van der Waals surface area contributed by atoms with Crippen LogP contribution in [0.3, 0.4) is 0 Å². The number of rotatable bonds is 8. The van der Waals surface area contributed by atoms with Gasteiger partial charge in [0.1, 0.15) is 5.75 Å². The summed E-state index contributed by atoms with van der Waals surface area (Å²) in [6.07, 6.45) is 2.52. The summed E-state index contributed by atoms with van der Waals surface area (Å²) in [4.78, 5) is 2.10. The zero-order chi connectivity index (χ0) is 20.0. The zero-order valence-corrected chi connectivity index (χ0v) is 17.6. The van der Waals surface area contributed by atoms with Gasteiger partial charge in [-0.2, -0.15) is 0 Å². The van der Waals surface area contributed by atoms with Gasteiger partial charge in [0.05, 0.1) is 12.7 Å². The molecule has 0 radical (unpaired) electrons. The molecule has 2 unspecified atom stereocenters. The van der Waals surface area contributed by atoms with E-state index in [0.717, 1.165) is 29.0 Å². The van der Waals surface area contributed by atoms with E-state index < -0.39 is 5.60 Å². The first kappa shape index (κ1) is 21.5. The predicted molar refractivity (Wildman–Crippen MR) is 114 cm³/mol. The zero-order valence-electron chi connectivity index (χ0n) is 16.9. The molecule has 2 aromatic rings. The van der Waals surface area contributed by atoms with Gasteiger partial charge >= 0.3 is 0 Å². The predicted octanol–water partition coefficient (Wildman–Crippen LogP) is 4.92. The monoisotopic (exact) mass is 387 g/mol. The minimum Gasteiger partial charge on any atom is -0.497 e. The second-order valence-electron chi connectivity index (χ2n) is 7.46. The largest absolute Gasteiger partial charge is 0.497 e. The van der Waals surface area contributed by atoms with E-state index in [9.17, 15) is 5.11 Å². The number of methoxy groups -OCH3 is 1. The van der Waals surface area contributed by atoms with Crippen LogP contribution in [0.5, 0.6) is 5.75 Å². The van der Waals surface area contributed by atoms with Crippen molar-refractivity contribution in [1.29, 1.82) is 0 Å². The van der Waals surface area contributed by atoms with Crippen molar-refractivity contribution in [2.75, 3.05) is 27.7 Å². The highest BCUT2D eigenvalue weighted by Crippen LogP contribution is 2.34. The van der Waals surface area contributed by atoms with Gasteiger partial charge in [0.15, 0.2) is 0 Å². The fraction of sp³-hybridized carbons (Fsp3) is 0.391. The van der Waals surface area contributed by atoms with E-state index in [1.807, 2.05) is 75.6 Å². The Hall–Kier alpha value is -1.81. The van der Waals surface area contributed by atoms with Gasteiger partial charge < -0.3 is 14.7 Å². The Morgan fingerprint density at radius 3 is 2.37 bits per heavy atom. The van der Waals surface area contributed by atoms with Crippen molar-refractivity contribution in [1.82, 2.24) is 4.90 Å². The molecule has 0 saturated carbocycles. The van der Waals surface area contributed by atoms with Crippen molar-refractivity contribution in [3.8, 4) is 5.75 Å². The molecule has 3 nitrogen and oxygen atoms in total. The first-order chi connectivity index (χ1) is 12.8. The van der Waals surface area contributed by atoms with Gasteiger partial charge in [0.25, 0.3) is 0 Å². The van der Waals surface area contributed by atoms with Gasteiger partial charge in [-0.25, -0.2) is 0 Å². The molecule has 0 aliphatic rings. The van der Waals surface area contributed by atoms with Crippen molar-refractivity contribution in [3.05, 3.63) is 70.3 Å². The van der Waals surface area contributed by atoms with Crippen LogP contribution in [-0.2, 0) is 6.42 Å². The Morgan fingerprint density at radius 1 is 1.19 bits per heavy atom. The van der Waals surface area contributed by atoms with Crippen LogP contribution in [0.25, 0.3) is 6.08 Å². The Kier molecular flexibility index (Phi) is 7.49. The van der Waals surface area contributed by atoms with Crippen LogP contribution in [0.2, 0.25) is 5.02 Å². The molecular formula is C23H30ClNO2. The molecule has 2 atom stereocenters. The molecule has 0 aliphatic carbocycles. The average molecular weight is 388 g/mol. The summed E-state index contributed by atoms with van der Waals surface area (Å²) in [7, 11) is 5.70. The maximum atomic E-state index is 11.8. The second kappa shape index (κ2) is 9.41. The van der Waals surface area contributed by atoms with Gasteiger partial charge in [-0.1, -0.05) is 54.9 Å². The first-order valence-electron chi connectivity index (χ1n) is 9.19. The number of ether oxygens (including phenoxy) is 1. The summed E-state index contributed by atoms with van der Waals surface area (Å²) in [5.41, 5.74) is 1.90. The molecule has 0 amide bonds. The van der Waals surface area contributed by atoms with Crippen LogP contribution >= 0.6 is 11.6 Å². The lowest BCUT2D eigenvalue weighted by Gasteiger charge is -2.37. The van der Waals surface area contributed by atoms with Crippen LogP contribution in [0.4, 0.5) is 0 Å². The number of benzene rings is 2. The quantitative estimate of drug-likeness (QED) is 0.697. The van der Waals surface area contributed by atoms with Crippen molar-refractivity contribution < 1.29 is 9.84 Å². The minimum atomic E-state index is -1.00. The maximum absolute atomic E-state index is 11.8. The van der Waals surface area contributed by atoms with E-state index in [-0.39, 0.29) is 5.92 Å². The summed E-state index contributed by atoms with van der Waals surface area (Å²) in [5, 5.41) is 12.4. The van der Waals surface area contributed by atoms with Crippen LogP contribution < -0.4 is 4.74 Å². The number of hydrogen-bond acceptors (Lipinski definition) is 3. The topological polar surface area (TPSA) is 32.7 Å². The summed E-state index contributed by atoms with van der Waals surface area (Å²) in [6.45, 7) is 4.85. The molecule has 1 N–H and O–H groups in total. The summed E-state index contributed by atoms with van der Waals surface area (Å²) in [6, 6.07) is 15.6. The van der Waals surface area contributed by atoms with Gasteiger partial charge in [-0.15, -0.1) is 0 Å². The van der Waals surface area contributed by atoms with Gasteiger partial charge in [-0.3, -0.25) is 0 Å². The lowest BCUT2D eigenvalue weighted by molar-refractivity contribution is 0.0150. The summed E-state index contributed by atoms with van der Waals surface area (Å²) in [5.74, 6) is 0.843. The molecule has 0 fully saturated rings. The Balaban J connectivity index is 2.40. The smallest absolute Gasteiger partial charge is 0.118 e. The number of halogens is 1. The highest BCUT2D eigenvalue weighted by molar-refractivity contribution is 6.31. The van der Waals surface area contributed by atoms with E-state index in [0.29, 0.717) is 11.4 Å². The van der Waals surface area contributed by atoms with Crippen LogP contribution in [0.1, 0.15) is 25.0 Å². The van der Waals surface area contributed by atoms with E-state index in [2.05, 4.69) is 11.8 Å². The molecular weight excluding hydrogens is 358 g/mol. The molecule has 0 saturated heterocycles. The van der Waals surface area contributed by atoms with Crippen LogP contribution in [0, 0.1) is 5.92 Å². The molecule has 0 heterocycles. The summed E-state index contributed by atoms with van der Waals surface area (Å²) < 4.78 is 5.23. The standard InChI is InChI=1S/C23H30ClNO2/c1-17(14-19-10-12-21(27-5)13-11-19)23(26,18(2)16-25(3)4)15-20-8-6-7-9-22(20)24/h6-14,18,26H,15-16H2,1-5H3. The fourth-order valence-corrected chi connectivity index (χ4v) is 3.61. The third-order valence-electron chi connectivity index (χ3n) is 5.05. The highest BCUT2D eigenvalue weighted by atomic mass is 35.5. The third kappa shape index (κ3) is 5.58. The number of hydrogen-bond donors (Lipinski definition) is 1. The van der Waals surface area contributed by atoms with Gasteiger partial charge in [-0.05, 0) is 55.9 Å². The molecule has 0 bridgehead atoms. The highest BCUT2D eigenvalue weighted by Gasteiger charge is 2.36. The minimum absolute atomic E-state index is 0.0262. The van der Waals surface area contributed by atoms with Crippen LogP contribution in [0.15, 0.2) is 54.1 Å². The Bertz CT molecular complexity index is 770. The third-order valence-corrected chi connectivity index (χ3v) is 5.42. The fourth-order valence-electron chi connectivity index (χ4n) is 3.41. The van der Waals surface area contributed by atoms with E-state index in [4.69, 9.17) is 16.3 Å². The number of nitrogens with zero attached hydrogens (tertiary/aromatic N) is 1. The SMILES string of the molecule is COc1ccc(C=C(C)C(O)(Cc2ccccc2Cl)C(C)CN(C)C)cc1. The normalized spacial score (nSPS) is 15.5. The molecule has 4 heteroatoms. The van der Waals surface area contributed by atoms with E-state index in [1.165, 1.54) is 0 Å². The maximum Gasteiger partial charge on any atom is 0.118 e. The summed E-state index contributed by atoms with van der Waals surface area (Å²) >= 11 is 6.38. The van der Waals surface area contributed by atoms with Crippen molar-refractivity contribution in [2.24, 2.45) is 5.92 Å². The first-order valence-corrected chi connectivity index (χ1v) is 9.57. The molecule has 0 spiro atoms. The molecule has 0 aliphatic heterocycles. The molecule has 146 valence electrons. The second-order valence-corrected chi connectivity index (χ2v) is 7.86. The Morgan fingerprint density at radius 2 is 1.81 bits per heavy atom. The molecule has 27 heavy (non-hydrogen) atoms. The average Bonchev–Trinajstić information content (AvgIpc) is 2.63. The lowest BCUT2D eigenvalue weighted by Crippen LogP contribution is -2.44. The van der Waals surface area contributed by atoms with Crippen molar-refractivity contribution in [3.63, 3.8) is 0 Å².